The van der Waals surface area contributed by atoms with Crippen LogP contribution in [-0.2, 0) is 36.1 Å². The highest BCUT2D eigenvalue weighted by Gasteiger charge is 2.34. The number of carbonyl (C=O) groups excluding carboxylic acids is 3. The third kappa shape index (κ3) is 4.42. The Bertz CT molecular complexity index is 986. The lowest BCUT2D eigenvalue weighted by molar-refractivity contribution is -0.135. The van der Waals surface area contributed by atoms with E-state index < -0.39 is 0 Å². The number of nitrogens with one attached hydrogen (secondary N) is 1. The molecule has 9 heteroatoms. The molecule has 2 aliphatic heterocycles. The van der Waals surface area contributed by atoms with Gasteiger partial charge in [0.25, 0.3) is 5.91 Å². The quantitative estimate of drug-likeness (QED) is 0.762. The number of aryl methyl sites for hydroxylation is 1. The van der Waals surface area contributed by atoms with E-state index >= 15 is 0 Å². The predicted molar refractivity (Wildman–Crippen MR) is 116 cm³/mol. The standard InChI is InChI=1S/C23H31N5O4/c1-15(2)22(30)28-11-8-19-18(14-28)20(25-26(19)3)23(31)27-9-6-16(7-10-27)21(29)24-13-17-5-4-12-32-17/h4-5,12,15-16H,6-11,13-14H2,1-3H3,(H,24,29). The Balaban J connectivity index is 1.38. The molecule has 1 saturated heterocycles. The second-order valence-electron chi connectivity index (χ2n) is 8.93. The number of nitrogens with zero attached hydrogens (tertiary/aromatic N) is 4. The number of aromatic nitrogens is 2. The zero-order valence-corrected chi connectivity index (χ0v) is 19.0. The van der Waals surface area contributed by atoms with Gasteiger partial charge in [-0.1, -0.05) is 13.8 Å². The molecule has 1 N–H and O–H groups in total. The van der Waals surface area contributed by atoms with Gasteiger partial charge < -0.3 is 19.5 Å². The van der Waals surface area contributed by atoms with Crippen LogP contribution in [0.4, 0.5) is 0 Å². The van der Waals surface area contributed by atoms with Crippen molar-refractivity contribution in [2.75, 3.05) is 19.6 Å². The van der Waals surface area contributed by atoms with Gasteiger partial charge in [0.15, 0.2) is 5.69 Å². The second kappa shape index (κ2) is 9.18. The van der Waals surface area contributed by atoms with Crippen molar-refractivity contribution >= 4 is 17.7 Å². The summed E-state index contributed by atoms with van der Waals surface area (Å²) < 4.78 is 7.02. The SMILES string of the molecule is CC(C)C(=O)N1CCc2c(c(C(=O)N3CCC(C(=O)NCc4ccco4)CC3)nn2C)C1. The fourth-order valence-corrected chi connectivity index (χ4v) is 4.54. The lowest BCUT2D eigenvalue weighted by atomic mass is 9.95. The first-order chi connectivity index (χ1) is 15.3. The number of likely N-dealkylation sites (tertiary alicyclic amines) is 1. The van der Waals surface area contributed by atoms with Gasteiger partial charge in [-0.2, -0.15) is 5.10 Å². The fourth-order valence-electron chi connectivity index (χ4n) is 4.54. The van der Waals surface area contributed by atoms with Crippen molar-refractivity contribution in [2.45, 2.75) is 46.2 Å². The topological polar surface area (TPSA) is 101 Å². The zero-order valence-electron chi connectivity index (χ0n) is 19.0. The van der Waals surface area contributed by atoms with Gasteiger partial charge in [-0.3, -0.25) is 19.1 Å². The molecule has 0 spiro atoms. The molecule has 0 aliphatic carbocycles. The van der Waals surface area contributed by atoms with Crippen LogP contribution in [-0.4, -0.2) is 56.9 Å². The Hall–Kier alpha value is -3.10. The van der Waals surface area contributed by atoms with Crippen LogP contribution < -0.4 is 5.32 Å². The summed E-state index contributed by atoms with van der Waals surface area (Å²) in [5.41, 5.74) is 2.31. The van der Waals surface area contributed by atoms with E-state index in [0.717, 1.165) is 17.0 Å². The maximum absolute atomic E-state index is 13.3. The molecule has 2 aliphatic rings. The smallest absolute Gasteiger partial charge is 0.274 e. The molecule has 2 aromatic heterocycles. The molecule has 172 valence electrons. The summed E-state index contributed by atoms with van der Waals surface area (Å²) in [5.74, 6) is 0.494. The molecule has 0 aromatic carbocycles. The van der Waals surface area contributed by atoms with E-state index in [0.29, 0.717) is 57.7 Å². The molecule has 0 saturated carbocycles. The van der Waals surface area contributed by atoms with E-state index in [4.69, 9.17) is 4.42 Å². The molecule has 32 heavy (non-hydrogen) atoms. The van der Waals surface area contributed by atoms with E-state index in [1.54, 1.807) is 21.9 Å². The molecule has 1 fully saturated rings. The monoisotopic (exact) mass is 441 g/mol. The van der Waals surface area contributed by atoms with Crippen LogP contribution in [0.3, 0.4) is 0 Å². The highest BCUT2D eigenvalue weighted by atomic mass is 16.3. The van der Waals surface area contributed by atoms with Crippen molar-refractivity contribution in [3.05, 3.63) is 41.1 Å². The van der Waals surface area contributed by atoms with Gasteiger partial charge in [0.2, 0.25) is 11.8 Å². The Kier molecular flexibility index (Phi) is 6.34. The van der Waals surface area contributed by atoms with Gasteiger partial charge >= 0.3 is 0 Å². The number of furan rings is 1. The highest BCUT2D eigenvalue weighted by molar-refractivity contribution is 5.94. The predicted octanol–water partition coefficient (Wildman–Crippen LogP) is 1.72. The number of carbonyl (C=O) groups is 3. The average molecular weight is 442 g/mol. The summed E-state index contributed by atoms with van der Waals surface area (Å²) in [6, 6.07) is 3.62. The van der Waals surface area contributed by atoms with Crippen LogP contribution in [0.5, 0.6) is 0 Å². The minimum absolute atomic E-state index is 0.00782. The summed E-state index contributed by atoms with van der Waals surface area (Å²) in [4.78, 5) is 41.9. The third-order valence-corrected chi connectivity index (χ3v) is 6.42. The van der Waals surface area contributed by atoms with Crippen molar-refractivity contribution in [1.82, 2.24) is 24.9 Å². The number of hydrogen-bond acceptors (Lipinski definition) is 5. The summed E-state index contributed by atoms with van der Waals surface area (Å²) in [5, 5.41) is 7.43. The molecule has 2 aromatic rings. The lowest BCUT2D eigenvalue weighted by Gasteiger charge is -2.32. The van der Waals surface area contributed by atoms with Gasteiger partial charge in [0.05, 0.1) is 12.8 Å². The highest BCUT2D eigenvalue weighted by Crippen LogP contribution is 2.26. The number of rotatable bonds is 5. The minimum Gasteiger partial charge on any atom is -0.467 e. The maximum Gasteiger partial charge on any atom is 0.274 e. The van der Waals surface area contributed by atoms with Crippen LogP contribution in [0, 0.1) is 11.8 Å². The van der Waals surface area contributed by atoms with Crippen molar-refractivity contribution in [2.24, 2.45) is 18.9 Å². The minimum atomic E-state index is -0.120. The van der Waals surface area contributed by atoms with Gasteiger partial charge in [-0.05, 0) is 25.0 Å². The van der Waals surface area contributed by atoms with Crippen molar-refractivity contribution in [3.8, 4) is 0 Å². The van der Waals surface area contributed by atoms with E-state index in [1.165, 1.54) is 0 Å². The largest absolute Gasteiger partial charge is 0.467 e. The molecule has 4 rings (SSSR count). The Morgan fingerprint density at radius 1 is 1.19 bits per heavy atom. The Morgan fingerprint density at radius 2 is 1.94 bits per heavy atom. The first-order valence-corrected chi connectivity index (χ1v) is 11.3. The van der Waals surface area contributed by atoms with E-state index in [9.17, 15) is 14.4 Å². The molecular weight excluding hydrogens is 410 g/mol. The molecule has 0 bridgehead atoms. The van der Waals surface area contributed by atoms with Crippen LogP contribution in [0.2, 0.25) is 0 Å². The van der Waals surface area contributed by atoms with Gasteiger partial charge in [0, 0.05) is 62.7 Å². The molecule has 4 heterocycles. The normalized spacial score (nSPS) is 16.9. The Morgan fingerprint density at radius 3 is 2.59 bits per heavy atom. The number of hydrogen-bond donors (Lipinski definition) is 1. The molecule has 0 radical (unpaired) electrons. The molecule has 0 atom stereocenters. The molecular formula is C23H31N5O4. The molecule has 0 unspecified atom stereocenters. The number of fused-ring (bicyclic) bond motifs is 1. The first-order valence-electron chi connectivity index (χ1n) is 11.3. The molecule has 9 nitrogen and oxygen atoms in total. The van der Waals surface area contributed by atoms with E-state index in [1.807, 2.05) is 31.9 Å². The van der Waals surface area contributed by atoms with Crippen molar-refractivity contribution < 1.29 is 18.8 Å². The second-order valence-corrected chi connectivity index (χ2v) is 8.93. The number of amides is 3. The molecule has 3 amide bonds. The summed E-state index contributed by atoms with van der Waals surface area (Å²) >= 11 is 0. The summed E-state index contributed by atoms with van der Waals surface area (Å²) in [6.07, 6.45) is 3.51. The third-order valence-electron chi connectivity index (χ3n) is 6.42. The van der Waals surface area contributed by atoms with Gasteiger partial charge in [-0.15, -0.1) is 0 Å². The van der Waals surface area contributed by atoms with Crippen molar-refractivity contribution in [1.29, 1.82) is 0 Å². The van der Waals surface area contributed by atoms with Crippen LogP contribution in [0.25, 0.3) is 0 Å². The maximum atomic E-state index is 13.3. The zero-order chi connectivity index (χ0) is 22.8. The summed E-state index contributed by atoms with van der Waals surface area (Å²) in [6.45, 7) is 6.25. The van der Waals surface area contributed by atoms with E-state index in [-0.39, 0.29) is 29.6 Å². The number of piperidine rings is 1. The average Bonchev–Trinajstić information content (AvgIpc) is 3.44. The van der Waals surface area contributed by atoms with Gasteiger partial charge in [0.1, 0.15) is 5.76 Å². The van der Waals surface area contributed by atoms with Crippen LogP contribution >= 0.6 is 0 Å². The van der Waals surface area contributed by atoms with Crippen LogP contribution in [0.1, 0.15) is 54.2 Å². The van der Waals surface area contributed by atoms with Gasteiger partial charge in [-0.25, -0.2) is 0 Å². The summed E-state index contributed by atoms with van der Waals surface area (Å²) in [7, 11) is 1.85. The lowest BCUT2D eigenvalue weighted by Crippen LogP contribution is -2.43. The van der Waals surface area contributed by atoms with Crippen LogP contribution in [0.15, 0.2) is 22.8 Å². The fraction of sp³-hybridized carbons (Fsp3) is 0.565. The Labute approximate surface area is 187 Å². The van der Waals surface area contributed by atoms with Crippen molar-refractivity contribution in [3.63, 3.8) is 0 Å². The van der Waals surface area contributed by atoms with E-state index in [2.05, 4.69) is 10.4 Å². The first kappa shape index (κ1) is 22.1.